The molecule has 2 aromatic heterocycles. The van der Waals surface area contributed by atoms with Gasteiger partial charge in [-0.15, -0.1) is 0 Å². The fraction of sp³-hybridized carbons (Fsp3) is 0.250. The molecule has 8 heteroatoms. The molecule has 0 aliphatic carbocycles. The zero-order chi connectivity index (χ0) is 17.6. The molecule has 6 nitrogen and oxygen atoms in total. The van der Waals surface area contributed by atoms with Crippen LogP contribution in [0.4, 0.5) is 4.39 Å². The Hall–Kier alpha value is -2.54. The summed E-state index contributed by atoms with van der Waals surface area (Å²) >= 11 is 5.69. The second kappa shape index (κ2) is 5.83. The van der Waals surface area contributed by atoms with Gasteiger partial charge in [0.05, 0.1) is 0 Å². The van der Waals surface area contributed by atoms with Crippen LogP contribution in [-0.2, 0) is 11.2 Å². The molecule has 0 spiro atoms. The molecule has 1 unspecified atom stereocenters. The van der Waals surface area contributed by atoms with Crippen LogP contribution >= 0.6 is 11.6 Å². The van der Waals surface area contributed by atoms with E-state index in [0.29, 0.717) is 17.7 Å². The molecule has 24 heavy (non-hydrogen) atoms. The number of pyridine rings is 2. The normalized spacial score (nSPS) is 16.8. The number of aromatic nitrogens is 2. The summed E-state index contributed by atoms with van der Waals surface area (Å²) in [5, 5.41) is 13.9. The number of imide groups is 1. The highest BCUT2D eigenvalue weighted by Gasteiger charge is 2.43. The summed E-state index contributed by atoms with van der Waals surface area (Å²) in [5.74, 6) is -3.60. The summed E-state index contributed by atoms with van der Waals surface area (Å²) < 4.78 is 13.9. The molecule has 0 fully saturated rings. The highest BCUT2D eigenvalue weighted by molar-refractivity contribution is 6.28. The Morgan fingerprint density at radius 1 is 1.46 bits per heavy atom. The SMILES string of the molecule is CCc1nccc(C)c1C1C(=O)NC(=O)c2cc(F)c(Cl)[n+]([O-])c21. The molecular weight excluding hydrogens is 337 g/mol. The van der Waals surface area contributed by atoms with Crippen LogP contribution in [-0.4, -0.2) is 16.8 Å². The van der Waals surface area contributed by atoms with E-state index in [1.165, 1.54) is 0 Å². The third kappa shape index (κ3) is 2.32. The van der Waals surface area contributed by atoms with Crippen molar-refractivity contribution >= 4 is 23.4 Å². The summed E-state index contributed by atoms with van der Waals surface area (Å²) in [7, 11) is 0. The lowest BCUT2D eigenvalue weighted by atomic mass is 9.84. The first-order valence-electron chi connectivity index (χ1n) is 7.27. The van der Waals surface area contributed by atoms with Crippen LogP contribution in [0.5, 0.6) is 0 Å². The first kappa shape index (κ1) is 16.3. The van der Waals surface area contributed by atoms with E-state index in [0.717, 1.165) is 11.6 Å². The molecule has 2 amide bonds. The molecule has 1 N–H and O–H groups in total. The van der Waals surface area contributed by atoms with E-state index >= 15 is 0 Å². The Morgan fingerprint density at radius 3 is 2.83 bits per heavy atom. The summed E-state index contributed by atoms with van der Waals surface area (Å²) in [6.45, 7) is 3.64. The van der Waals surface area contributed by atoms with Crippen LogP contribution < -0.4 is 10.0 Å². The number of fused-ring (bicyclic) bond motifs is 1. The molecule has 0 saturated heterocycles. The van der Waals surface area contributed by atoms with Gasteiger partial charge in [0.1, 0.15) is 5.56 Å². The summed E-state index contributed by atoms with van der Waals surface area (Å²) in [6.07, 6.45) is 2.13. The van der Waals surface area contributed by atoms with Gasteiger partial charge in [-0.25, -0.2) is 0 Å². The molecule has 1 atom stereocenters. The van der Waals surface area contributed by atoms with Gasteiger partial charge in [-0.05, 0) is 42.1 Å². The number of carbonyl (C=O) groups excluding carboxylic acids is 2. The third-order valence-corrected chi connectivity index (χ3v) is 4.41. The van der Waals surface area contributed by atoms with E-state index in [1.54, 1.807) is 19.2 Å². The number of halogens is 2. The molecule has 1 aliphatic rings. The minimum Gasteiger partial charge on any atom is -0.617 e. The van der Waals surface area contributed by atoms with Crippen molar-refractivity contribution < 1.29 is 18.7 Å². The van der Waals surface area contributed by atoms with Gasteiger partial charge >= 0.3 is 5.15 Å². The molecule has 2 aromatic rings. The van der Waals surface area contributed by atoms with E-state index in [2.05, 4.69) is 10.3 Å². The highest BCUT2D eigenvalue weighted by Crippen LogP contribution is 2.33. The zero-order valence-corrected chi connectivity index (χ0v) is 13.6. The third-order valence-electron chi connectivity index (χ3n) is 4.07. The molecule has 0 saturated carbocycles. The van der Waals surface area contributed by atoms with Gasteiger partial charge in [0, 0.05) is 18.0 Å². The first-order valence-corrected chi connectivity index (χ1v) is 7.65. The molecule has 3 rings (SSSR count). The van der Waals surface area contributed by atoms with Crippen LogP contribution in [0, 0.1) is 17.9 Å². The zero-order valence-electron chi connectivity index (χ0n) is 12.9. The summed E-state index contributed by atoms with van der Waals surface area (Å²) in [4.78, 5) is 28.8. The van der Waals surface area contributed by atoms with Crippen molar-refractivity contribution in [3.63, 3.8) is 0 Å². The van der Waals surface area contributed by atoms with Crippen molar-refractivity contribution in [2.75, 3.05) is 0 Å². The van der Waals surface area contributed by atoms with Gasteiger partial charge in [0.2, 0.25) is 17.4 Å². The fourth-order valence-corrected chi connectivity index (χ4v) is 3.12. The number of hydrogen-bond donors (Lipinski definition) is 1. The maximum atomic E-state index is 13.8. The second-order valence-electron chi connectivity index (χ2n) is 5.47. The van der Waals surface area contributed by atoms with Crippen molar-refractivity contribution in [3.8, 4) is 0 Å². The van der Waals surface area contributed by atoms with E-state index in [9.17, 15) is 19.2 Å². The Morgan fingerprint density at radius 2 is 2.17 bits per heavy atom. The lowest BCUT2D eigenvalue weighted by Crippen LogP contribution is -2.50. The first-order chi connectivity index (χ1) is 11.4. The van der Waals surface area contributed by atoms with E-state index < -0.39 is 28.7 Å². The topological polar surface area (TPSA) is 86.0 Å². The van der Waals surface area contributed by atoms with E-state index in [4.69, 9.17) is 11.6 Å². The molecule has 0 aromatic carbocycles. The number of carbonyl (C=O) groups is 2. The van der Waals surface area contributed by atoms with Gasteiger partial charge < -0.3 is 5.21 Å². The van der Waals surface area contributed by atoms with Crippen LogP contribution in [0.25, 0.3) is 0 Å². The molecule has 0 radical (unpaired) electrons. The predicted octanol–water partition coefficient (Wildman–Crippen LogP) is 1.78. The minimum atomic E-state index is -1.09. The lowest BCUT2D eigenvalue weighted by molar-refractivity contribution is -0.613. The Balaban J connectivity index is 2.37. The smallest absolute Gasteiger partial charge is 0.322 e. The fourth-order valence-electron chi connectivity index (χ4n) is 2.97. The predicted molar refractivity (Wildman–Crippen MR) is 83.0 cm³/mol. The largest absolute Gasteiger partial charge is 0.617 e. The van der Waals surface area contributed by atoms with Crippen molar-refractivity contribution in [3.05, 3.63) is 62.6 Å². The molecular formula is C16H13ClFN3O3. The summed E-state index contributed by atoms with van der Waals surface area (Å²) in [6, 6.07) is 2.58. The highest BCUT2D eigenvalue weighted by atomic mass is 35.5. The van der Waals surface area contributed by atoms with Crippen molar-refractivity contribution in [1.29, 1.82) is 0 Å². The van der Waals surface area contributed by atoms with Crippen molar-refractivity contribution in [2.45, 2.75) is 26.2 Å². The number of nitrogens with one attached hydrogen (secondary N) is 1. The van der Waals surface area contributed by atoms with Gasteiger partial charge in [-0.2, -0.15) is 9.12 Å². The number of aryl methyl sites for hydroxylation is 2. The maximum absolute atomic E-state index is 13.8. The molecule has 124 valence electrons. The summed E-state index contributed by atoms with van der Waals surface area (Å²) in [5.41, 5.74) is 1.50. The molecule has 0 bridgehead atoms. The number of hydrogen-bond acceptors (Lipinski definition) is 4. The van der Waals surface area contributed by atoms with Gasteiger partial charge in [-0.1, -0.05) is 6.92 Å². The van der Waals surface area contributed by atoms with E-state index in [-0.39, 0.29) is 16.0 Å². The minimum absolute atomic E-state index is 0.111. The van der Waals surface area contributed by atoms with Crippen LogP contribution in [0.3, 0.4) is 0 Å². The van der Waals surface area contributed by atoms with Crippen molar-refractivity contribution in [2.24, 2.45) is 0 Å². The van der Waals surface area contributed by atoms with Gasteiger partial charge in [0.15, 0.2) is 5.92 Å². The van der Waals surface area contributed by atoms with Crippen molar-refractivity contribution in [1.82, 2.24) is 10.3 Å². The number of amides is 2. The lowest BCUT2D eigenvalue weighted by Gasteiger charge is -2.25. The van der Waals surface area contributed by atoms with Crippen LogP contribution in [0.15, 0.2) is 18.3 Å². The quantitative estimate of drug-likeness (QED) is 0.387. The average molecular weight is 350 g/mol. The Bertz CT molecular complexity index is 885. The molecule has 3 heterocycles. The van der Waals surface area contributed by atoms with E-state index in [1.807, 2.05) is 6.92 Å². The van der Waals surface area contributed by atoms with Gasteiger partial charge in [-0.3, -0.25) is 19.9 Å². The van der Waals surface area contributed by atoms with Gasteiger partial charge in [0.25, 0.3) is 5.91 Å². The second-order valence-corrected chi connectivity index (χ2v) is 5.83. The monoisotopic (exact) mass is 349 g/mol. The number of nitrogens with zero attached hydrogens (tertiary/aromatic N) is 2. The Kier molecular flexibility index (Phi) is 3.96. The van der Waals surface area contributed by atoms with Crippen LogP contribution in [0.2, 0.25) is 5.15 Å². The maximum Gasteiger partial charge on any atom is 0.322 e. The molecule has 1 aliphatic heterocycles. The van der Waals surface area contributed by atoms with Crippen LogP contribution in [0.1, 0.15) is 45.7 Å². The average Bonchev–Trinajstić information content (AvgIpc) is 2.54. The number of rotatable bonds is 2. The Labute approximate surface area is 141 Å². The standard InChI is InChI=1S/C16H13ClFN3O3/c1-3-10-11(7(2)4-5-19-10)12-13-8(15(22)20-16(12)23)6-9(18)14(17)21(13)24/h4-6,12H,3H2,1-2H3,(H,20,22,23).